The van der Waals surface area contributed by atoms with Gasteiger partial charge in [-0.15, -0.1) is 0 Å². The molecule has 1 amide bonds. The summed E-state index contributed by atoms with van der Waals surface area (Å²) in [6, 6.07) is 4.51. The Morgan fingerprint density at radius 1 is 1.53 bits per heavy atom. The molecule has 0 aliphatic heterocycles. The largest absolute Gasteiger partial charge is 0.496 e. The Labute approximate surface area is 104 Å². The molecular formula is C10H9BrF3NO2. The SMILES string of the molecule is COc1ccc(CN(F)C(=O)C(F)F)cc1Br. The monoisotopic (exact) mass is 311 g/mol. The molecule has 0 spiro atoms. The smallest absolute Gasteiger partial charge is 0.318 e. The fourth-order valence-electron chi connectivity index (χ4n) is 1.15. The van der Waals surface area contributed by atoms with Crippen LogP contribution in [0, 0.1) is 0 Å². The van der Waals surface area contributed by atoms with Crippen LogP contribution in [0.25, 0.3) is 0 Å². The highest BCUT2D eigenvalue weighted by molar-refractivity contribution is 9.10. The van der Waals surface area contributed by atoms with Crippen molar-refractivity contribution in [1.29, 1.82) is 0 Å². The minimum Gasteiger partial charge on any atom is -0.496 e. The lowest BCUT2D eigenvalue weighted by Gasteiger charge is -2.12. The van der Waals surface area contributed by atoms with Gasteiger partial charge in [-0.3, -0.25) is 4.79 Å². The molecule has 1 aromatic rings. The molecule has 0 unspecified atom stereocenters. The lowest BCUT2D eigenvalue weighted by Crippen LogP contribution is -2.28. The van der Waals surface area contributed by atoms with Crippen LogP contribution in [0.2, 0.25) is 0 Å². The summed E-state index contributed by atoms with van der Waals surface area (Å²) in [4.78, 5) is 10.6. The van der Waals surface area contributed by atoms with Gasteiger partial charge < -0.3 is 4.74 Å². The number of hydrogen-bond acceptors (Lipinski definition) is 2. The molecule has 0 heterocycles. The maximum absolute atomic E-state index is 13.0. The van der Waals surface area contributed by atoms with Crippen molar-refractivity contribution < 1.29 is 22.8 Å². The number of rotatable bonds is 4. The average Bonchev–Trinajstić information content (AvgIpc) is 2.28. The number of ether oxygens (including phenoxy) is 1. The van der Waals surface area contributed by atoms with Crippen LogP contribution >= 0.6 is 15.9 Å². The standard InChI is InChI=1S/C10H9BrF3NO2/c1-17-8-3-2-6(4-7(8)11)5-15(14)10(16)9(12)13/h2-4,9H,5H2,1H3. The van der Waals surface area contributed by atoms with E-state index in [0.717, 1.165) is 0 Å². The van der Waals surface area contributed by atoms with E-state index >= 15 is 0 Å². The summed E-state index contributed by atoms with van der Waals surface area (Å²) in [6.45, 7) is -0.536. The molecule has 0 saturated carbocycles. The predicted molar refractivity (Wildman–Crippen MR) is 58.4 cm³/mol. The normalized spacial score (nSPS) is 10.5. The molecule has 7 heteroatoms. The summed E-state index contributed by atoms with van der Waals surface area (Å²) in [5, 5.41) is -0.515. The molecule has 0 atom stereocenters. The van der Waals surface area contributed by atoms with Gasteiger partial charge in [0, 0.05) is 0 Å². The van der Waals surface area contributed by atoms with Gasteiger partial charge in [-0.05, 0) is 33.6 Å². The van der Waals surface area contributed by atoms with Crippen LogP contribution in [0.3, 0.4) is 0 Å². The van der Waals surface area contributed by atoms with E-state index in [4.69, 9.17) is 4.74 Å². The molecule has 0 radical (unpaired) electrons. The summed E-state index contributed by atoms with van der Waals surface area (Å²) in [5.41, 5.74) is 0.370. The second kappa shape index (κ2) is 5.90. The van der Waals surface area contributed by atoms with Crippen LogP contribution in [-0.4, -0.2) is 24.6 Å². The zero-order chi connectivity index (χ0) is 13.0. The van der Waals surface area contributed by atoms with Gasteiger partial charge in [0.1, 0.15) is 5.75 Å². The van der Waals surface area contributed by atoms with Gasteiger partial charge in [0.2, 0.25) is 0 Å². The number of benzene rings is 1. The Morgan fingerprint density at radius 3 is 2.65 bits per heavy atom. The average molecular weight is 312 g/mol. The number of nitrogens with zero attached hydrogens (tertiary/aromatic N) is 1. The highest BCUT2D eigenvalue weighted by atomic mass is 79.9. The lowest BCUT2D eigenvalue weighted by molar-refractivity contribution is -0.160. The molecule has 0 aliphatic rings. The van der Waals surface area contributed by atoms with E-state index in [-0.39, 0.29) is 0 Å². The molecule has 94 valence electrons. The van der Waals surface area contributed by atoms with Crippen molar-refractivity contribution in [3.05, 3.63) is 28.2 Å². The van der Waals surface area contributed by atoms with Crippen molar-refractivity contribution in [2.45, 2.75) is 13.0 Å². The second-order valence-electron chi connectivity index (χ2n) is 3.13. The number of halogens is 4. The minimum absolute atomic E-state index is 0.370. The van der Waals surface area contributed by atoms with Gasteiger partial charge in [-0.25, -0.2) is 0 Å². The molecule has 3 nitrogen and oxygen atoms in total. The Balaban J connectivity index is 2.75. The van der Waals surface area contributed by atoms with Crippen molar-refractivity contribution in [3.8, 4) is 5.75 Å². The van der Waals surface area contributed by atoms with Crippen molar-refractivity contribution in [2.75, 3.05) is 7.11 Å². The van der Waals surface area contributed by atoms with Crippen LogP contribution in [0.5, 0.6) is 5.75 Å². The van der Waals surface area contributed by atoms with Gasteiger partial charge in [-0.2, -0.15) is 13.9 Å². The molecule has 1 rings (SSSR count). The fourth-order valence-corrected chi connectivity index (χ4v) is 1.74. The van der Waals surface area contributed by atoms with E-state index in [2.05, 4.69) is 15.9 Å². The van der Waals surface area contributed by atoms with E-state index in [9.17, 15) is 18.1 Å². The van der Waals surface area contributed by atoms with Crippen LogP contribution in [0.1, 0.15) is 5.56 Å². The Bertz CT molecular complexity index is 415. The third-order valence-electron chi connectivity index (χ3n) is 1.96. The quantitative estimate of drug-likeness (QED) is 0.800. The third-order valence-corrected chi connectivity index (χ3v) is 2.58. The van der Waals surface area contributed by atoms with Crippen molar-refractivity contribution in [1.82, 2.24) is 5.12 Å². The van der Waals surface area contributed by atoms with Crippen molar-refractivity contribution >= 4 is 21.8 Å². The fraction of sp³-hybridized carbons (Fsp3) is 0.300. The summed E-state index contributed by atoms with van der Waals surface area (Å²) in [6.07, 6.45) is -3.35. The van der Waals surface area contributed by atoms with Gasteiger partial charge in [0.15, 0.2) is 0 Å². The number of methoxy groups -OCH3 is 1. The molecule has 0 aliphatic carbocycles. The van der Waals surface area contributed by atoms with Crippen molar-refractivity contribution in [2.24, 2.45) is 0 Å². The summed E-state index contributed by atoms with van der Waals surface area (Å²) < 4.78 is 42.3. The summed E-state index contributed by atoms with van der Waals surface area (Å²) >= 11 is 3.16. The number of amides is 1. The van der Waals surface area contributed by atoms with E-state index in [1.807, 2.05) is 0 Å². The molecule has 1 aromatic carbocycles. The number of alkyl halides is 2. The van der Waals surface area contributed by atoms with E-state index in [1.165, 1.54) is 19.2 Å². The molecule has 0 saturated heterocycles. The first kappa shape index (κ1) is 13.8. The van der Waals surface area contributed by atoms with Gasteiger partial charge in [-0.1, -0.05) is 10.5 Å². The molecular weight excluding hydrogens is 303 g/mol. The lowest BCUT2D eigenvalue weighted by atomic mass is 10.2. The highest BCUT2D eigenvalue weighted by Gasteiger charge is 2.23. The maximum atomic E-state index is 13.0. The van der Waals surface area contributed by atoms with Crippen molar-refractivity contribution in [3.63, 3.8) is 0 Å². The molecule has 17 heavy (non-hydrogen) atoms. The first-order valence-electron chi connectivity index (χ1n) is 4.53. The van der Waals surface area contributed by atoms with Gasteiger partial charge in [0.05, 0.1) is 18.1 Å². The molecule has 0 fully saturated rings. The van der Waals surface area contributed by atoms with Gasteiger partial charge in [0.25, 0.3) is 0 Å². The first-order chi connectivity index (χ1) is 7.95. The predicted octanol–water partition coefficient (Wildman–Crippen LogP) is 2.94. The molecule has 0 N–H and O–H groups in total. The van der Waals surface area contributed by atoms with E-state index in [0.29, 0.717) is 15.8 Å². The Morgan fingerprint density at radius 2 is 2.18 bits per heavy atom. The summed E-state index contributed by atoms with van der Waals surface area (Å²) in [7, 11) is 1.46. The molecule has 0 bridgehead atoms. The highest BCUT2D eigenvalue weighted by Crippen LogP contribution is 2.26. The Kier molecular flexibility index (Phi) is 4.80. The Hall–Kier alpha value is -1.24. The number of carbonyl (C=O) groups is 1. The molecule has 0 aromatic heterocycles. The second-order valence-corrected chi connectivity index (χ2v) is 3.98. The van der Waals surface area contributed by atoms with E-state index < -0.39 is 24.0 Å². The summed E-state index contributed by atoms with van der Waals surface area (Å²) in [5.74, 6) is -1.32. The first-order valence-corrected chi connectivity index (χ1v) is 5.32. The maximum Gasteiger partial charge on any atom is 0.318 e. The van der Waals surface area contributed by atoms with Crippen LogP contribution in [0.15, 0.2) is 22.7 Å². The zero-order valence-electron chi connectivity index (χ0n) is 8.79. The van der Waals surface area contributed by atoms with Crippen LogP contribution in [0.4, 0.5) is 13.3 Å². The third kappa shape index (κ3) is 3.62. The number of hydrogen-bond donors (Lipinski definition) is 0. The zero-order valence-corrected chi connectivity index (χ0v) is 10.4. The number of carbonyl (C=O) groups excluding carboxylic acids is 1. The topological polar surface area (TPSA) is 29.5 Å². The van der Waals surface area contributed by atoms with E-state index in [1.54, 1.807) is 6.07 Å². The minimum atomic E-state index is -3.35. The van der Waals surface area contributed by atoms with Crippen LogP contribution < -0.4 is 4.74 Å². The van der Waals surface area contributed by atoms with Gasteiger partial charge >= 0.3 is 12.3 Å². The van der Waals surface area contributed by atoms with Crippen LogP contribution in [-0.2, 0) is 11.3 Å².